The third-order valence-electron chi connectivity index (χ3n) is 4.26. The van der Waals surface area contributed by atoms with Gasteiger partial charge in [-0.05, 0) is 19.3 Å². The van der Waals surface area contributed by atoms with E-state index in [1.54, 1.807) is 0 Å². The topological polar surface area (TPSA) is 47.5 Å². The van der Waals surface area contributed by atoms with Crippen LogP contribution in [0.15, 0.2) is 0 Å². The number of carbonyl (C=O) groups is 1. The Morgan fingerprint density at radius 1 is 1.18 bits per heavy atom. The fourth-order valence-corrected chi connectivity index (χ4v) is 4.02. The summed E-state index contributed by atoms with van der Waals surface area (Å²) in [6, 6.07) is 0. The Morgan fingerprint density at radius 3 is 2.59 bits per heavy atom. The van der Waals surface area contributed by atoms with E-state index in [2.05, 4.69) is 22.6 Å². The molecule has 3 N–H and O–H groups in total. The minimum absolute atomic E-state index is 0.188. The van der Waals surface area contributed by atoms with E-state index in [4.69, 9.17) is 5.73 Å². The van der Waals surface area contributed by atoms with E-state index in [1.165, 1.54) is 30.6 Å². The van der Waals surface area contributed by atoms with Crippen molar-refractivity contribution >= 4 is 28.4 Å². The SMILES string of the molecule is NC1CCC(I)C[NH+]1CC(=O)C1CCCCC1. The molecule has 0 amide bonds. The van der Waals surface area contributed by atoms with Gasteiger partial charge in [-0.3, -0.25) is 10.5 Å². The number of nitrogens with one attached hydrogen (secondary N) is 1. The molecule has 1 heterocycles. The molecule has 3 atom stereocenters. The lowest BCUT2D eigenvalue weighted by atomic mass is 9.86. The third-order valence-corrected chi connectivity index (χ3v) is 5.32. The number of ketones is 1. The fraction of sp³-hybridized carbons (Fsp3) is 0.923. The molecule has 1 saturated carbocycles. The monoisotopic (exact) mass is 351 g/mol. The molecule has 0 aromatic heterocycles. The van der Waals surface area contributed by atoms with Crippen molar-refractivity contribution in [3.05, 3.63) is 0 Å². The molecular weight excluding hydrogens is 327 g/mol. The van der Waals surface area contributed by atoms with Crippen molar-refractivity contribution in [2.24, 2.45) is 11.7 Å². The minimum atomic E-state index is 0.188. The van der Waals surface area contributed by atoms with Gasteiger partial charge in [0.05, 0.1) is 10.5 Å². The maximum Gasteiger partial charge on any atom is 0.189 e. The smallest absolute Gasteiger partial charge is 0.189 e. The standard InChI is InChI=1S/C13H23IN2O/c14-11-6-7-13(15)16(8-11)9-12(17)10-4-2-1-3-5-10/h10-11,13H,1-9,15H2/p+1. The van der Waals surface area contributed by atoms with Crippen LogP contribution in [-0.2, 0) is 4.79 Å². The van der Waals surface area contributed by atoms with Crippen molar-refractivity contribution in [2.45, 2.75) is 55.0 Å². The van der Waals surface area contributed by atoms with Crippen LogP contribution in [0.25, 0.3) is 0 Å². The van der Waals surface area contributed by atoms with Crippen molar-refractivity contribution < 1.29 is 9.69 Å². The van der Waals surface area contributed by atoms with Crippen LogP contribution in [-0.4, -0.2) is 29.0 Å². The summed E-state index contributed by atoms with van der Waals surface area (Å²) in [5, 5.41) is 0. The van der Waals surface area contributed by atoms with Crippen molar-refractivity contribution in [1.82, 2.24) is 0 Å². The lowest BCUT2D eigenvalue weighted by Gasteiger charge is -2.33. The average Bonchev–Trinajstić information content (AvgIpc) is 2.35. The molecule has 1 aliphatic heterocycles. The summed E-state index contributed by atoms with van der Waals surface area (Å²) in [4.78, 5) is 13.6. The number of alkyl halides is 1. The second kappa shape index (κ2) is 6.48. The Labute approximate surface area is 118 Å². The van der Waals surface area contributed by atoms with Crippen LogP contribution in [0.3, 0.4) is 0 Å². The second-order valence-electron chi connectivity index (χ2n) is 5.62. The van der Waals surface area contributed by atoms with Gasteiger partial charge in [-0.1, -0.05) is 41.9 Å². The van der Waals surface area contributed by atoms with Gasteiger partial charge < -0.3 is 4.90 Å². The largest absolute Gasteiger partial charge is 0.313 e. The molecule has 2 rings (SSSR count). The van der Waals surface area contributed by atoms with Crippen molar-refractivity contribution in [3.63, 3.8) is 0 Å². The van der Waals surface area contributed by atoms with Gasteiger partial charge in [0.1, 0.15) is 12.7 Å². The van der Waals surface area contributed by atoms with Crippen LogP contribution >= 0.6 is 22.6 Å². The number of likely N-dealkylation sites (tertiary alicyclic amines) is 1. The first-order chi connectivity index (χ1) is 8.16. The predicted molar refractivity (Wildman–Crippen MR) is 77.3 cm³/mol. The molecule has 0 aromatic rings. The molecule has 0 bridgehead atoms. The predicted octanol–water partition coefficient (Wildman–Crippen LogP) is 0.903. The van der Waals surface area contributed by atoms with Gasteiger partial charge >= 0.3 is 0 Å². The molecule has 0 aromatic carbocycles. The van der Waals surface area contributed by atoms with Crippen molar-refractivity contribution in [2.75, 3.05) is 13.1 Å². The highest BCUT2D eigenvalue weighted by molar-refractivity contribution is 14.1. The number of piperidine rings is 1. The number of hydrogen-bond donors (Lipinski definition) is 2. The lowest BCUT2D eigenvalue weighted by molar-refractivity contribution is -0.921. The van der Waals surface area contributed by atoms with E-state index >= 15 is 0 Å². The van der Waals surface area contributed by atoms with Crippen LogP contribution in [0.2, 0.25) is 0 Å². The fourth-order valence-electron chi connectivity index (χ4n) is 3.10. The highest BCUT2D eigenvalue weighted by atomic mass is 127. The van der Waals surface area contributed by atoms with Crippen LogP contribution < -0.4 is 10.6 Å². The second-order valence-corrected chi connectivity index (χ2v) is 7.38. The Hall–Kier alpha value is 0.320. The molecule has 0 spiro atoms. The molecule has 2 aliphatic rings. The highest BCUT2D eigenvalue weighted by Gasteiger charge is 2.32. The zero-order chi connectivity index (χ0) is 12.3. The quantitative estimate of drug-likeness (QED) is 0.587. The Bertz CT molecular complexity index is 266. The molecule has 3 unspecified atom stereocenters. The number of hydrogen-bond acceptors (Lipinski definition) is 2. The number of Topliss-reactive ketones (excluding diaryl/α,β-unsaturated/α-hetero) is 1. The first kappa shape index (κ1) is 13.7. The third kappa shape index (κ3) is 3.89. The Kier molecular flexibility index (Phi) is 5.24. The van der Waals surface area contributed by atoms with E-state index < -0.39 is 0 Å². The number of quaternary nitrogens is 1. The van der Waals surface area contributed by atoms with E-state index in [0.29, 0.717) is 22.2 Å². The molecule has 4 heteroatoms. The van der Waals surface area contributed by atoms with E-state index in [0.717, 1.165) is 25.8 Å². The van der Waals surface area contributed by atoms with Gasteiger partial charge in [0.25, 0.3) is 0 Å². The summed E-state index contributed by atoms with van der Waals surface area (Å²) in [5.41, 5.74) is 6.13. The van der Waals surface area contributed by atoms with Gasteiger partial charge in [-0.2, -0.15) is 0 Å². The van der Waals surface area contributed by atoms with Gasteiger partial charge in [-0.15, -0.1) is 0 Å². The zero-order valence-electron chi connectivity index (χ0n) is 10.5. The van der Waals surface area contributed by atoms with E-state index in [-0.39, 0.29) is 6.17 Å². The molecule has 2 fully saturated rings. The van der Waals surface area contributed by atoms with Crippen LogP contribution in [0.1, 0.15) is 44.9 Å². The van der Waals surface area contributed by atoms with E-state index in [9.17, 15) is 4.79 Å². The number of nitrogens with two attached hydrogens (primary N) is 1. The number of carbonyl (C=O) groups excluding carboxylic acids is 1. The maximum atomic E-state index is 12.2. The summed E-state index contributed by atoms with van der Waals surface area (Å²) < 4.78 is 0.696. The Balaban J connectivity index is 1.83. The molecule has 3 nitrogen and oxygen atoms in total. The lowest BCUT2D eigenvalue weighted by Crippen LogP contribution is -3.20. The van der Waals surface area contributed by atoms with Crippen LogP contribution in [0.5, 0.6) is 0 Å². The first-order valence-corrected chi connectivity index (χ1v) is 8.18. The number of halogens is 1. The number of rotatable bonds is 3. The minimum Gasteiger partial charge on any atom is -0.313 e. The summed E-state index contributed by atoms with van der Waals surface area (Å²) >= 11 is 2.50. The first-order valence-electron chi connectivity index (χ1n) is 6.93. The van der Waals surface area contributed by atoms with E-state index in [1.807, 2.05) is 0 Å². The van der Waals surface area contributed by atoms with Crippen LogP contribution in [0, 0.1) is 5.92 Å². The van der Waals surface area contributed by atoms with Gasteiger partial charge in [0.2, 0.25) is 0 Å². The van der Waals surface area contributed by atoms with Gasteiger partial charge in [-0.25, -0.2) is 0 Å². The maximum absolute atomic E-state index is 12.2. The molecular formula is C13H24IN2O+. The summed E-state index contributed by atoms with van der Waals surface area (Å²) in [6.45, 7) is 1.74. The van der Waals surface area contributed by atoms with Crippen molar-refractivity contribution in [3.8, 4) is 0 Å². The average molecular weight is 351 g/mol. The zero-order valence-corrected chi connectivity index (χ0v) is 12.6. The molecule has 0 radical (unpaired) electrons. The van der Waals surface area contributed by atoms with Gasteiger partial charge in [0, 0.05) is 12.3 Å². The highest BCUT2D eigenvalue weighted by Crippen LogP contribution is 2.24. The summed E-state index contributed by atoms with van der Waals surface area (Å²) in [7, 11) is 0. The normalized spacial score (nSPS) is 35.8. The molecule has 1 saturated heterocycles. The molecule has 98 valence electrons. The van der Waals surface area contributed by atoms with Crippen LogP contribution in [0.4, 0.5) is 0 Å². The molecule has 17 heavy (non-hydrogen) atoms. The Morgan fingerprint density at radius 2 is 1.88 bits per heavy atom. The van der Waals surface area contributed by atoms with Gasteiger partial charge in [0.15, 0.2) is 5.78 Å². The molecule has 1 aliphatic carbocycles. The summed E-state index contributed by atoms with van der Waals surface area (Å²) in [5.74, 6) is 0.818. The summed E-state index contributed by atoms with van der Waals surface area (Å²) in [6.07, 6.45) is 8.51. The van der Waals surface area contributed by atoms with Crippen molar-refractivity contribution in [1.29, 1.82) is 0 Å².